The standard InChI is InChI=1S/C28H40N8O2/c1-21(2)15-25(37)20-33-7-9-35(10-8-33)23-3-5-34(6-4-23)24-16-26(22-18-30-28(29)31-19-22)32-27(17-24)36-11-13-38-14-12-36/h15-19,23H,3-14,20H2,1-2H3,(H2,29,30,31). The number of anilines is 3. The molecule has 3 aliphatic heterocycles. The minimum atomic E-state index is 0.213. The third kappa shape index (κ3) is 6.67. The zero-order valence-corrected chi connectivity index (χ0v) is 22.7. The Bertz CT molecular complexity index is 1110. The predicted molar refractivity (Wildman–Crippen MR) is 150 cm³/mol. The number of nitrogens with two attached hydrogens (primary N) is 1. The molecule has 10 nitrogen and oxygen atoms in total. The van der Waals surface area contributed by atoms with E-state index in [0.717, 1.165) is 87.8 Å². The van der Waals surface area contributed by atoms with Crippen molar-refractivity contribution in [3.8, 4) is 11.3 Å². The Morgan fingerprint density at radius 2 is 1.66 bits per heavy atom. The SMILES string of the molecule is CC(C)=CC(=O)CN1CCN(C2CCN(c3cc(-c4cnc(N)nc4)nc(N4CCOCC4)c3)CC2)CC1. The van der Waals surface area contributed by atoms with E-state index in [2.05, 4.69) is 41.7 Å². The number of allylic oxidation sites excluding steroid dienone is 1. The fourth-order valence-corrected chi connectivity index (χ4v) is 5.62. The number of carbonyl (C=O) groups excluding carboxylic acids is 1. The highest BCUT2D eigenvalue weighted by atomic mass is 16.5. The molecule has 0 unspecified atom stereocenters. The number of rotatable bonds is 7. The Morgan fingerprint density at radius 3 is 2.32 bits per heavy atom. The van der Waals surface area contributed by atoms with Crippen LogP contribution in [0.3, 0.4) is 0 Å². The number of hydrogen-bond acceptors (Lipinski definition) is 10. The lowest BCUT2D eigenvalue weighted by Crippen LogP contribution is -2.53. The lowest BCUT2D eigenvalue weighted by atomic mass is 10.0. The summed E-state index contributed by atoms with van der Waals surface area (Å²) in [5.41, 5.74) is 9.71. The molecule has 2 aromatic rings. The minimum absolute atomic E-state index is 0.213. The van der Waals surface area contributed by atoms with Crippen LogP contribution in [0, 0.1) is 0 Å². The van der Waals surface area contributed by atoms with E-state index in [0.29, 0.717) is 25.8 Å². The second-order valence-corrected chi connectivity index (χ2v) is 10.7. The summed E-state index contributed by atoms with van der Waals surface area (Å²) < 4.78 is 5.57. The first-order valence-corrected chi connectivity index (χ1v) is 13.8. The topological polar surface area (TPSA) is 104 Å². The van der Waals surface area contributed by atoms with Gasteiger partial charge in [-0.15, -0.1) is 0 Å². The Balaban J connectivity index is 1.23. The van der Waals surface area contributed by atoms with Crippen molar-refractivity contribution in [2.24, 2.45) is 0 Å². The second kappa shape index (κ2) is 12.2. The molecule has 10 heteroatoms. The van der Waals surface area contributed by atoms with Gasteiger partial charge in [0.15, 0.2) is 5.78 Å². The van der Waals surface area contributed by atoms with E-state index in [1.165, 1.54) is 5.69 Å². The van der Waals surface area contributed by atoms with Crippen LogP contribution in [0.5, 0.6) is 0 Å². The summed E-state index contributed by atoms with van der Waals surface area (Å²) in [5.74, 6) is 1.45. The number of hydrogen-bond donors (Lipinski definition) is 1. The van der Waals surface area contributed by atoms with Gasteiger partial charge in [-0.2, -0.15) is 0 Å². The zero-order chi connectivity index (χ0) is 26.5. The lowest BCUT2D eigenvalue weighted by Gasteiger charge is -2.43. The molecule has 2 N–H and O–H groups in total. The number of piperidine rings is 1. The molecular formula is C28H40N8O2. The molecule has 5 rings (SSSR count). The lowest BCUT2D eigenvalue weighted by molar-refractivity contribution is -0.116. The maximum Gasteiger partial charge on any atom is 0.219 e. The van der Waals surface area contributed by atoms with Crippen LogP contribution in [0.15, 0.2) is 36.2 Å². The van der Waals surface area contributed by atoms with E-state index in [9.17, 15) is 4.79 Å². The second-order valence-electron chi connectivity index (χ2n) is 10.7. The third-order valence-electron chi connectivity index (χ3n) is 7.68. The summed E-state index contributed by atoms with van der Waals surface area (Å²) in [7, 11) is 0. The number of carbonyl (C=O) groups is 1. The van der Waals surface area contributed by atoms with E-state index in [1.54, 1.807) is 18.5 Å². The Kier molecular flexibility index (Phi) is 8.51. The molecule has 0 aliphatic carbocycles. The highest BCUT2D eigenvalue weighted by Gasteiger charge is 2.28. The van der Waals surface area contributed by atoms with Crippen LogP contribution in [-0.2, 0) is 9.53 Å². The number of pyridine rings is 1. The van der Waals surface area contributed by atoms with Crippen molar-refractivity contribution in [1.82, 2.24) is 24.8 Å². The van der Waals surface area contributed by atoms with Gasteiger partial charge in [-0.3, -0.25) is 14.6 Å². The molecule has 0 atom stereocenters. The number of nitrogen functional groups attached to an aromatic ring is 1. The van der Waals surface area contributed by atoms with Gasteiger partial charge in [-0.1, -0.05) is 5.57 Å². The summed E-state index contributed by atoms with van der Waals surface area (Å²) in [5, 5.41) is 0. The maximum atomic E-state index is 12.2. The fourth-order valence-electron chi connectivity index (χ4n) is 5.62. The number of ketones is 1. The number of aromatic nitrogens is 3. The summed E-state index contributed by atoms with van der Waals surface area (Å²) in [6.45, 7) is 13.6. The van der Waals surface area contributed by atoms with Crippen LogP contribution >= 0.6 is 0 Å². The van der Waals surface area contributed by atoms with Crippen molar-refractivity contribution in [2.75, 3.05) is 87.7 Å². The molecule has 3 aliphatic rings. The fraction of sp³-hybridized carbons (Fsp3) is 0.571. The van der Waals surface area contributed by atoms with E-state index in [1.807, 2.05) is 13.8 Å². The molecule has 0 bridgehead atoms. The Labute approximate surface area is 225 Å². The molecule has 0 saturated carbocycles. The van der Waals surface area contributed by atoms with Crippen LogP contribution in [0.2, 0.25) is 0 Å². The predicted octanol–water partition coefficient (Wildman–Crippen LogP) is 2.08. The molecule has 3 fully saturated rings. The third-order valence-corrected chi connectivity index (χ3v) is 7.68. The molecule has 38 heavy (non-hydrogen) atoms. The molecule has 2 aromatic heterocycles. The monoisotopic (exact) mass is 520 g/mol. The smallest absolute Gasteiger partial charge is 0.219 e. The van der Waals surface area contributed by atoms with Crippen molar-refractivity contribution in [2.45, 2.75) is 32.7 Å². The molecule has 204 valence electrons. The van der Waals surface area contributed by atoms with Crippen molar-refractivity contribution in [3.63, 3.8) is 0 Å². The first kappa shape index (κ1) is 26.5. The zero-order valence-electron chi connectivity index (χ0n) is 22.7. The van der Waals surface area contributed by atoms with E-state index >= 15 is 0 Å². The normalized spacial score (nSPS) is 19.9. The summed E-state index contributed by atoms with van der Waals surface area (Å²) in [6, 6.07) is 4.96. The molecule has 0 radical (unpaired) electrons. The number of nitrogens with zero attached hydrogens (tertiary/aromatic N) is 7. The van der Waals surface area contributed by atoms with Crippen molar-refractivity contribution < 1.29 is 9.53 Å². The summed E-state index contributed by atoms with van der Waals surface area (Å²) in [6.07, 6.45) is 7.52. The van der Waals surface area contributed by atoms with Crippen molar-refractivity contribution >= 4 is 23.2 Å². The van der Waals surface area contributed by atoms with Gasteiger partial charge in [0.1, 0.15) is 5.82 Å². The Hall–Kier alpha value is -3.08. The molecular weight excluding hydrogens is 480 g/mol. The highest BCUT2D eigenvalue weighted by Crippen LogP contribution is 2.31. The van der Waals surface area contributed by atoms with Gasteiger partial charge in [0.05, 0.1) is 25.5 Å². The molecule has 5 heterocycles. The molecule has 3 saturated heterocycles. The maximum absolute atomic E-state index is 12.2. The van der Waals surface area contributed by atoms with Crippen molar-refractivity contribution in [1.29, 1.82) is 0 Å². The number of ether oxygens (including phenoxy) is 1. The van der Waals surface area contributed by atoms with Gasteiger partial charge in [0.2, 0.25) is 5.95 Å². The largest absolute Gasteiger partial charge is 0.378 e. The van der Waals surface area contributed by atoms with Gasteiger partial charge >= 0.3 is 0 Å². The van der Waals surface area contributed by atoms with Crippen LogP contribution in [0.1, 0.15) is 26.7 Å². The first-order valence-electron chi connectivity index (χ1n) is 13.8. The van der Waals surface area contributed by atoms with Gasteiger partial charge in [0, 0.05) is 88.1 Å². The van der Waals surface area contributed by atoms with Crippen LogP contribution in [0.4, 0.5) is 17.5 Å². The average Bonchev–Trinajstić information content (AvgIpc) is 2.94. The van der Waals surface area contributed by atoms with E-state index < -0.39 is 0 Å². The van der Waals surface area contributed by atoms with Crippen LogP contribution in [0.25, 0.3) is 11.3 Å². The molecule has 0 aromatic carbocycles. The summed E-state index contributed by atoms with van der Waals surface area (Å²) >= 11 is 0. The van der Waals surface area contributed by atoms with E-state index in [4.69, 9.17) is 15.5 Å². The summed E-state index contributed by atoms with van der Waals surface area (Å²) in [4.78, 5) is 35.2. The first-order chi connectivity index (χ1) is 18.4. The average molecular weight is 521 g/mol. The van der Waals surface area contributed by atoms with Gasteiger partial charge in [-0.25, -0.2) is 15.0 Å². The van der Waals surface area contributed by atoms with Crippen LogP contribution in [-0.4, -0.2) is 109 Å². The number of morpholine rings is 1. The van der Waals surface area contributed by atoms with Gasteiger partial charge < -0.3 is 20.3 Å². The molecule has 0 spiro atoms. The Morgan fingerprint density at radius 1 is 0.974 bits per heavy atom. The molecule has 0 amide bonds. The van der Waals surface area contributed by atoms with E-state index in [-0.39, 0.29) is 11.7 Å². The quantitative estimate of drug-likeness (QED) is 0.546. The van der Waals surface area contributed by atoms with Gasteiger partial charge in [0.25, 0.3) is 0 Å². The minimum Gasteiger partial charge on any atom is -0.378 e. The number of piperazine rings is 1. The highest BCUT2D eigenvalue weighted by molar-refractivity contribution is 5.91. The van der Waals surface area contributed by atoms with Gasteiger partial charge in [-0.05, 0) is 38.8 Å². The van der Waals surface area contributed by atoms with Crippen LogP contribution < -0.4 is 15.5 Å². The van der Waals surface area contributed by atoms with Crippen molar-refractivity contribution in [3.05, 3.63) is 36.2 Å².